The van der Waals surface area contributed by atoms with Gasteiger partial charge in [-0.15, -0.1) is 35.3 Å². The molecule has 3 heterocycles. The first-order valence-electron chi connectivity index (χ1n) is 7.91. The van der Waals surface area contributed by atoms with Crippen molar-refractivity contribution in [1.82, 2.24) is 20.0 Å². The van der Waals surface area contributed by atoms with E-state index in [1.807, 2.05) is 17.9 Å². The van der Waals surface area contributed by atoms with Crippen LogP contribution in [0, 0.1) is 0 Å². The third kappa shape index (κ3) is 4.95. The van der Waals surface area contributed by atoms with E-state index >= 15 is 0 Å². The molecule has 0 spiro atoms. The number of hydrogen-bond acceptors (Lipinski definition) is 3. The van der Waals surface area contributed by atoms with Gasteiger partial charge in [0.2, 0.25) is 0 Å². The molecule has 1 aliphatic heterocycles. The summed E-state index contributed by atoms with van der Waals surface area (Å²) in [6.07, 6.45) is 5.27. The Hall–Kier alpha value is -0.610. The second-order valence-corrected chi connectivity index (χ2v) is 8.30. The maximum Gasteiger partial charge on any atom is 0.194 e. The van der Waals surface area contributed by atoms with Gasteiger partial charge in [0.05, 0.1) is 16.5 Å². The van der Waals surface area contributed by atoms with Crippen molar-refractivity contribution in [2.45, 2.75) is 25.8 Å². The van der Waals surface area contributed by atoms with Crippen LogP contribution in [0.1, 0.15) is 29.7 Å². The van der Waals surface area contributed by atoms with Gasteiger partial charge in [0.1, 0.15) is 0 Å². The van der Waals surface area contributed by atoms with E-state index in [-0.39, 0.29) is 24.0 Å². The second-order valence-electron chi connectivity index (χ2n) is 5.75. The molecule has 2 aromatic rings. The molecular weight excluding hydrogens is 501 g/mol. The van der Waals surface area contributed by atoms with Gasteiger partial charge in [-0.3, -0.25) is 4.68 Å². The molecule has 5 nitrogen and oxygen atoms in total. The molecule has 3 rings (SSSR count). The van der Waals surface area contributed by atoms with Crippen LogP contribution in [0.3, 0.4) is 0 Å². The lowest BCUT2D eigenvalue weighted by Gasteiger charge is -2.21. The topological polar surface area (TPSA) is 45.5 Å². The van der Waals surface area contributed by atoms with Crippen LogP contribution in [0.4, 0.5) is 0 Å². The molecule has 0 radical (unpaired) electrons. The number of thiophene rings is 1. The largest absolute Gasteiger partial charge is 0.357 e. The number of hydrogen-bond donors (Lipinski definition) is 1. The Labute approximate surface area is 172 Å². The maximum absolute atomic E-state index is 4.81. The Kier molecular flexibility index (Phi) is 7.55. The van der Waals surface area contributed by atoms with Gasteiger partial charge in [0.15, 0.2) is 5.96 Å². The van der Waals surface area contributed by atoms with E-state index in [0.717, 1.165) is 42.3 Å². The number of guanidine groups is 1. The van der Waals surface area contributed by atoms with E-state index in [4.69, 9.17) is 4.99 Å². The van der Waals surface area contributed by atoms with Gasteiger partial charge in [-0.05, 0) is 47.0 Å². The maximum atomic E-state index is 4.81. The average molecular weight is 524 g/mol. The molecule has 2 aromatic heterocycles. The van der Waals surface area contributed by atoms with Gasteiger partial charge in [0.25, 0.3) is 0 Å². The van der Waals surface area contributed by atoms with Crippen molar-refractivity contribution in [1.29, 1.82) is 0 Å². The molecule has 0 aliphatic carbocycles. The summed E-state index contributed by atoms with van der Waals surface area (Å²) in [6.45, 7) is 5.78. The molecule has 132 valence electrons. The summed E-state index contributed by atoms with van der Waals surface area (Å²) in [5.41, 5.74) is 1.33. The Morgan fingerprint density at radius 2 is 2.33 bits per heavy atom. The number of aryl methyl sites for hydroxylation is 1. The van der Waals surface area contributed by atoms with Crippen LogP contribution in [0.5, 0.6) is 0 Å². The fraction of sp³-hybridized carbons (Fsp3) is 0.500. The van der Waals surface area contributed by atoms with Crippen LogP contribution in [-0.2, 0) is 13.6 Å². The molecule has 0 bridgehead atoms. The predicted octanol–water partition coefficient (Wildman–Crippen LogP) is 3.82. The molecule has 0 aromatic carbocycles. The van der Waals surface area contributed by atoms with E-state index in [0.29, 0.717) is 5.92 Å². The van der Waals surface area contributed by atoms with E-state index in [1.54, 1.807) is 11.3 Å². The van der Waals surface area contributed by atoms with Gasteiger partial charge in [-0.25, -0.2) is 4.99 Å². The molecule has 1 aliphatic rings. The van der Waals surface area contributed by atoms with Crippen molar-refractivity contribution in [3.05, 3.63) is 38.8 Å². The summed E-state index contributed by atoms with van der Waals surface area (Å²) in [6, 6.07) is 4.21. The number of nitrogens with zero attached hydrogens (tertiary/aromatic N) is 4. The fourth-order valence-electron chi connectivity index (χ4n) is 2.89. The number of halogens is 2. The summed E-state index contributed by atoms with van der Waals surface area (Å²) < 4.78 is 3.04. The van der Waals surface area contributed by atoms with Gasteiger partial charge in [-0.2, -0.15) is 5.10 Å². The first-order valence-corrected chi connectivity index (χ1v) is 9.52. The molecule has 1 N–H and O–H groups in total. The van der Waals surface area contributed by atoms with E-state index in [9.17, 15) is 0 Å². The first-order chi connectivity index (χ1) is 11.2. The Balaban J connectivity index is 0.00000208. The Morgan fingerprint density at radius 3 is 2.96 bits per heavy atom. The van der Waals surface area contributed by atoms with Crippen molar-refractivity contribution in [2.75, 3.05) is 19.6 Å². The van der Waals surface area contributed by atoms with Crippen LogP contribution in [0.25, 0.3) is 0 Å². The molecule has 8 heteroatoms. The van der Waals surface area contributed by atoms with Crippen LogP contribution < -0.4 is 5.32 Å². The van der Waals surface area contributed by atoms with Crippen molar-refractivity contribution in [3.8, 4) is 0 Å². The highest BCUT2D eigenvalue weighted by Crippen LogP contribution is 2.27. The summed E-state index contributed by atoms with van der Waals surface area (Å²) in [4.78, 5) is 8.45. The monoisotopic (exact) mass is 523 g/mol. The lowest BCUT2D eigenvalue weighted by Crippen LogP contribution is -2.39. The van der Waals surface area contributed by atoms with Crippen LogP contribution in [0.15, 0.2) is 33.3 Å². The zero-order valence-corrected chi connectivity index (χ0v) is 18.6. The van der Waals surface area contributed by atoms with Crippen LogP contribution in [0.2, 0.25) is 0 Å². The van der Waals surface area contributed by atoms with E-state index < -0.39 is 0 Å². The lowest BCUT2D eigenvalue weighted by molar-refractivity contribution is 0.486. The number of rotatable bonds is 4. The molecule has 1 atom stereocenters. The van der Waals surface area contributed by atoms with E-state index in [2.05, 4.69) is 56.5 Å². The Bertz CT molecular complexity index is 684. The second kappa shape index (κ2) is 9.19. The lowest BCUT2D eigenvalue weighted by atomic mass is 10.0. The van der Waals surface area contributed by atoms with Crippen LogP contribution in [-0.4, -0.2) is 40.3 Å². The van der Waals surface area contributed by atoms with Gasteiger partial charge in [0, 0.05) is 43.7 Å². The highest BCUT2D eigenvalue weighted by molar-refractivity contribution is 14.0. The third-order valence-electron chi connectivity index (χ3n) is 4.03. The quantitative estimate of drug-likeness (QED) is 0.376. The summed E-state index contributed by atoms with van der Waals surface area (Å²) >= 11 is 5.25. The number of aliphatic imine (C=N–C) groups is 1. The molecule has 0 saturated carbocycles. The van der Waals surface area contributed by atoms with Gasteiger partial charge in [-0.1, -0.05) is 0 Å². The Morgan fingerprint density at radius 1 is 1.50 bits per heavy atom. The zero-order valence-electron chi connectivity index (χ0n) is 13.9. The van der Waals surface area contributed by atoms with Crippen LogP contribution >= 0.6 is 51.2 Å². The van der Waals surface area contributed by atoms with Crippen molar-refractivity contribution < 1.29 is 0 Å². The summed E-state index contributed by atoms with van der Waals surface area (Å²) in [5, 5.41) is 7.72. The minimum Gasteiger partial charge on any atom is -0.357 e. The number of likely N-dealkylation sites (tertiary alicyclic amines) is 1. The average Bonchev–Trinajstić information content (AvgIpc) is 3.24. The molecule has 1 unspecified atom stereocenters. The number of nitrogens with one attached hydrogen (secondary N) is 1. The highest BCUT2D eigenvalue weighted by Gasteiger charge is 2.26. The molecular formula is C16H23BrIN5S. The number of aromatic nitrogens is 2. The molecule has 1 fully saturated rings. The highest BCUT2D eigenvalue weighted by atomic mass is 127. The SMILES string of the molecule is CCNC(=NCc1ccc(Br)s1)N1CCC(c2cnn(C)c2)C1.I. The standard InChI is InChI=1S/C16H22BrN5S.HI/c1-3-18-16(19-9-14-4-5-15(17)23-14)22-7-6-12(11-22)13-8-20-21(2)10-13;/h4-5,8,10,12H,3,6-7,9,11H2,1-2H3,(H,18,19);1H. The minimum absolute atomic E-state index is 0. The van der Waals surface area contributed by atoms with Crippen molar-refractivity contribution in [2.24, 2.45) is 12.0 Å². The zero-order chi connectivity index (χ0) is 16.2. The van der Waals surface area contributed by atoms with E-state index in [1.165, 1.54) is 10.4 Å². The summed E-state index contributed by atoms with van der Waals surface area (Å²) in [5.74, 6) is 1.56. The first kappa shape index (κ1) is 19.7. The molecule has 24 heavy (non-hydrogen) atoms. The third-order valence-corrected chi connectivity index (χ3v) is 5.64. The van der Waals surface area contributed by atoms with Gasteiger partial charge < -0.3 is 10.2 Å². The van der Waals surface area contributed by atoms with Gasteiger partial charge >= 0.3 is 0 Å². The van der Waals surface area contributed by atoms with Crippen molar-refractivity contribution >= 4 is 57.2 Å². The molecule has 1 saturated heterocycles. The normalized spacial score (nSPS) is 17.9. The summed E-state index contributed by atoms with van der Waals surface area (Å²) in [7, 11) is 1.97. The minimum atomic E-state index is 0. The predicted molar refractivity (Wildman–Crippen MR) is 114 cm³/mol. The smallest absolute Gasteiger partial charge is 0.194 e. The molecule has 0 amide bonds. The fourth-order valence-corrected chi connectivity index (χ4v) is 4.30. The van der Waals surface area contributed by atoms with Crippen molar-refractivity contribution in [3.63, 3.8) is 0 Å².